The summed E-state index contributed by atoms with van der Waals surface area (Å²) in [5.41, 5.74) is 4.50. The van der Waals surface area contributed by atoms with Gasteiger partial charge in [0.25, 0.3) is 0 Å². The molecule has 0 N–H and O–H groups in total. The van der Waals surface area contributed by atoms with Crippen molar-refractivity contribution < 1.29 is 9.53 Å². The third kappa shape index (κ3) is 6.85. The van der Waals surface area contributed by atoms with E-state index in [1.165, 1.54) is 51.4 Å². The molecule has 36 heavy (non-hydrogen) atoms. The summed E-state index contributed by atoms with van der Waals surface area (Å²) >= 11 is 0. The number of nitrogens with zero attached hydrogens (tertiary/aromatic N) is 1. The van der Waals surface area contributed by atoms with Gasteiger partial charge in [-0.15, -0.1) is 0 Å². The van der Waals surface area contributed by atoms with Crippen molar-refractivity contribution in [3.8, 4) is 22.9 Å². The maximum Gasteiger partial charge on any atom is 0.343 e. The molecule has 3 nitrogen and oxygen atoms in total. The lowest BCUT2D eigenvalue weighted by molar-refractivity contribution is 0.0732. The molecule has 0 unspecified atom stereocenters. The Bertz CT molecular complexity index is 1150. The second-order valence-corrected chi connectivity index (χ2v) is 10.1. The van der Waals surface area contributed by atoms with Crippen LogP contribution in [-0.4, -0.2) is 5.97 Å². The zero-order valence-corrected chi connectivity index (χ0v) is 21.4. The average Bonchev–Trinajstić information content (AvgIpc) is 2.94. The van der Waals surface area contributed by atoms with Gasteiger partial charge in [0.2, 0.25) is 0 Å². The molecule has 0 atom stereocenters. The summed E-state index contributed by atoms with van der Waals surface area (Å²) in [5, 5.41) is 8.98. The molecule has 1 aliphatic rings. The average molecular weight is 480 g/mol. The second kappa shape index (κ2) is 13.1. The number of unbranched alkanes of at least 4 members (excludes halogenated alkanes) is 4. The Morgan fingerprint density at radius 3 is 2.14 bits per heavy atom. The van der Waals surface area contributed by atoms with Crippen molar-refractivity contribution in [1.82, 2.24) is 0 Å². The molecular weight excluding hydrogens is 442 g/mol. The van der Waals surface area contributed by atoms with Crippen LogP contribution in [0.2, 0.25) is 0 Å². The number of ether oxygens (including phenoxy) is 1. The molecule has 0 saturated heterocycles. The van der Waals surface area contributed by atoms with Gasteiger partial charge in [0.15, 0.2) is 0 Å². The zero-order chi connectivity index (χ0) is 25.2. The van der Waals surface area contributed by atoms with Crippen LogP contribution in [0.25, 0.3) is 11.1 Å². The van der Waals surface area contributed by atoms with E-state index in [1.807, 2.05) is 54.6 Å². The summed E-state index contributed by atoms with van der Waals surface area (Å²) in [6, 6.07) is 25.1. The van der Waals surface area contributed by atoms with Crippen LogP contribution in [0.3, 0.4) is 0 Å². The van der Waals surface area contributed by atoms with Crippen LogP contribution in [0.15, 0.2) is 72.8 Å². The first-order valence-electron chi connectivity index (χ1n) is 13.6. The number of hydrogen-bond acceptors (Lipinski definition) is 3. The van der Waals surface area contributed by atoms with Gasteiger partial charge in [-0.05, 0) is 84.5 Å². The molecule has 186 valence electrons. The molecule has 0 spiro atoms. The number of carbonyl (C=O) groups excluding carboxylic acids is 1. The molecule has 0 heterocycles. The first-order chi connectivity index (χ1) is 17.7. The summed E-state index contributed by atoms with van der Waals surface area (Å²) in [4.78, 5) is 13.1. The third-order valence-electron chi connectivity index (χ3n) is 7.60. The summed E-state index contributed by atoms with van der Waals surface area (Å²) < 4.78 is 5.78. The van der Waals surface area contributed by atoms with Crippen molar-refractivity contribution in [2.24, 2.45) is 5.92 Å². The smallest absolute Gasteiger partial charge is 0.343 e. The van der Waals surface area contributed by atoms with E-state index >= 15 is 0 Å². The van der Waals surface area contributed by atoms with Gasteiger partial charge in [0.1, 0.15) is 5.75 Å². The van der Waals surface area contributed by atoms with Gasteiger partial charge in [0, 0.05) is 0 Å². The minimum Gasteiger partial charge on any atom is -0.423 e. The summed E-state index contributed by atoms with van der Waals surface area (Å²) in [6.45, 7) is 2.27. The van der Waals surface area contributed by atoms with Crippen LogP contribution >= 0.6 is 0 Å². The van der Waals surface area contributed by atoms with E-state index in [0.717, 1.165) is 35.4 Å². The molecule has 4 rings (SSSR count). The number of carbonyl (C=O) groups is 1. The van der Waals surface area contributed by atoms with Gasteiger partial charge in [-0.3, -0.25) is 0 Å². The molecule has 3 aromatic rings. The maximum atomic E-state index is 13.1. The maximum absolute atomic E-state index is 13.1. The Morgan fingerprint density at radius 1 is 0.833 bits per heavy atom. The Balaban J connectivity index is 1.34. The first-order valence-corrected chi connectivity index (χ1v) is 13.6. The van der Waals surface area contributed by atoms with Crippen molar-refractivity contribution in [2.75, 3.05) is 0 Å². The highest BCUT2D eigenvalue weighted by Crippen LogP contribution is 2.39. The van der Waals surface area contributed by atoms with Crippen LogP contribution in [0.5, 0.6) is 5.75 Å². The lowest BCUT2D eigenvalue weighted by Gasteiger charge is -2.29. The normalized spacial score (nSPS) is 17.3. The molecular formula is C33H37NO2. The fourth-order valence-corrected chi connectivity index (χ4v) is 5.45. The third-order valence-corrected chi connectivity index (χ3v) is 7.60. The molecule has 3 aromatic carbocycles. The molecule has 1 aliphatic carbocycles. The van der Waals surface area contributed by atoms with Crippen molar-refractivity contribution in [2.45, 2.75) is 77.0 Å². The fraction of sp³-hybridized carbons (Fsp3) is 0.394. The van der Waals surface area contributed by atoms with Crippen molar-refractivity contribution in [1.29, 1.82) is 5.26 Å². The minimum absolute atomic E-state index is 0.283. The lowest BCUT2D eigenvalue weighted by atomic mass is 9.76. The van der Waals surface area contributed by atoms with Crippen molar-refractivity contribution in [3.05, 3.63) is 89.5 Å². The molecule has 0 aliphatic heterocycles. The monoisotopic (exact) mass is 479 g/mol. The van der Waals surface area contributed by atoms with E-state index in [-0.39, 0.29) is 5.97 Å². The molecule has 1 saturated carbocycles. The highest BCUT2D eigenvalue weighted by atomic mass is 16.5. The van der Waals surface area contributed by atoms with E-state index in [2.05, 4.69) is 19.1 Å². The number of esters is 1. The summed E-state index contributed by atoms with van der Waals surface area (Å²) in [5.74, 6) is 1.54. The predicted octanol–water partition coefficient (Wildman–Crippen LogP) is 9.08. The van der Waals surface area contributed by atoms with Gasteiger partial charge in [0.05, 0.1) is 17.2 Å². The van der Waals surface area contributed by atoms with E-state index in [9.17, 15) is 4.79 Å². The van der Waals surface area contributed by atoms with Gasteiger partial charge in [-0.25, -0.2) is 4.79 Å². The minimum atomic E-state index is -0.283. The van der Waals surface area contributed by atoms with Gasteiger partial charge in [-0.2, -0.15) is 5.26 Å². The van der Waals surface area contributed by atoms with Crippen molar-refractivity contribution >= 4 is 5.97 Å². The molecule has 0 bridgehead atoms. The van der Waals surface area contributed by atoms with Gasteiger partial charge < -0.3 is 4.74 Å². The first kappa shape index (κ1) is 25.7. The topological polar surface area (TPSA) is 50.1 Å². The molecule has 1 fully saturated rings. The molecule has 0 radical (unpaired) electrons. The largest absolute Gasteiger partial charge is 0.423 e. The van der Waals surface area contributed by atoms with Crippen LogP contribution in [0, 0.1) is 17.2 Å². The predicted molar refractivity (Wildman–Crippen MR) is 146 cm³/mol. The standard InChI is InChI=1S/C33H37NO2/c1-2-3-4-5-6-9-25-12-18-29(19-13-25)31-10-7-8-11-32(31)33(35)36-30-22-20-28(21-23-30)27-16-14-26(24-34)15-17-27/h7-8,10-11,14-17,20-23,25,29H,2-6,9,12-13,18-19H2,1H3/t25-,29-. The van der Waals surface area contributed by atoms with Crippen LogP contribution in [0.1, 0.15) is 98.5 Å². The number of benzene rings is 3. The van der Waals surface area contributed by atoms with Crippen LogP contribution in [-0.2, 0) is 0 Å². The Morgan fingerprint density at radius 2 is 1.47 bits per heavy atom. The van der Waals surface area contributed by atoms with E-state index < -0.39 is 0 Å². The van der Waals surface area contributed by atoms with E-state index in [0.29, 0.717) is 22.8 Å². The molecule has 0 amide bonds. The van der Waals surface area contributed by atoms with Crippen molar-refractivity contribution in [3.63, 3.8) is 0 Å². The number of nitriles is 1. The van der Waals surface area contributed by atoms with Gasteiger partial charge in [-0.1, -0.05) is 87.9 Å². The molecule has 0 aromatic heterocycles. The fourth-order valence-electron chi connectivity index (χ4n) is 5.45. The quantitative estimate of drug-likeness (QED) is 0.165. The van der Waals surface area contributed by atoms with Crippen LogP contribution in [0.4, 0.5) is 0 Å². The number of rotatable bonds is 10. The Kier molecular flexibility index (Phi) is 9.33. The SMILES string of the molecule is CCCCCCC[C@H]1CC[C@H](c2ccccc2C(=O)Oc2ccc(-c3ccc(C#N)cc3)cc2)CC1. The van der Waals surface area contributed by atoms with E-state index in [1.54, 1.807) is 12.1 Å². The van der Waals surface area contributed by atoms with Crippen LogP contribution < -0.4 is 4.74 Å². The summed E-state index contributed by atoms with van der Waals surface area (Å²) in [7, 11) is 0. The number of hydrogen-bond donors (Lipinski definition) is 0. The lowest BCUT2D eigenvalue weighted by Crippen LogP contribution is -2.18. The highest BCUT2D eigenvalue weighted by molar-refractivity contribution is 5.93. The molecule has 3 heteroatoms. The Hall–Kier alpha value is -3.38. The second-order valence-electron chi connectivity index (χ2n) is 10.1. The Labute approximate surface area is 216 Å². The zero-order valence-electron chi connectivity index (χ0n) is 21.4. The van der Waals surface area contributed by atoms with Gasteiger partial charge >= 0.3 is 5.97 Å². The van der Waals surface area contributed by atoms with E-state index in [4.69, 9.17) is 10.00 Å². The summed E-state index contributed by atoms with van der Waals surface area (Å²) in [6.07, 6.45) is 13.0. The highest BCUT2D eigenvalue weighted by Gasteiger charge is 2.26.